The molecule has 0 saturated heterocycles. The fourth-order valence-corrected chi connectivity index (χ4v) is 2.16. The first-order valence-electron chi connectivity index (χ1n) is 6.07. The van der Waals surface area contributed by atoms with Crippen molar-refractivity contribution in [3.63, 3.8) is 0 Å². The van der Waals surface area contributed by atoms with Gasteiger partial charge in [-0.25, -0.2) is 4.98 Å². The summed E-state index contributed by atoms with van der Waals surface area (Å²) in [6, 6.07) is 3.90. The summed E-state index contributed by atoms with van der Waals surface area (Å²) in [6.07, 6.45) is 4.59. The minimum atomic E-state index is 0.587. The predicted molar refractivity (Wildman–Crippen MR) is 75.9 cm³/mol. The van der Waals surface area contributed by atoms with E-state index >= 15 is 0 Å². The third kappa shape index (κ3) is 3.01. The Morgan fingerprint density at radius 3 is 2.83 bits per heavy atom. The molecular formula is C14H17N3S. The molecule has 0 fully saturated rings. The van der Waals surface area contributed by atoms with Crippen molar-refractivity contribution in [1.82, 2.24) is 15.0 Å². The summed E-state index contributed by atoms with van der Waals surface area (Å²) in [5, 5.41) is 0. The summed E-state index contributed by atoms with van der Waals surface area (Å²) >= 11 is 5.24. The van der Waals surface area contributed by atoms with Gasteiger partial charge in [0.1, 0.15) is 10.5 Å². The summed E-state index contributed by atoms with van der Waals surface area (Å²) < 4.78 is 0.635. The van der Waals surface area contributed by atoms with Gasteiger partial charge in [-0.2, -0.15) is 0 Å². The molecule has 2 aromatic heterocycles. The van der Waals surface area contributed by atoms with Crippen molar-refractivity contribution in [2.75, 3.05) is 0 Å². The molecule has 4 heteroatoms. The largest absolute Gasteiger partial charge is 0.343 e. The van der Waals surface area contributed by atoms with Crippen LogP contribution in [0.15, 0.2) is 24.5 Å². The van der Waals surface area contributed by atoms with Crippen LogP contribution < -0.4 is 0 Å². The monoisotopic (exact) mass is 259 g/mol. The summed E-state index contributed by atoms with van der Waals surface area (Å²) in [5.41, 5.74) is 3.29. The number of hydrogen-bond donors (Lipinski definition) is 1. The zero-order valence-corrected chi connectivity index (χ0v) is 11.7. The second-order valence-electron chi connectivity index (χ2n) is 4.88. The van der Waals surface area contributed by atoms with Crippen LogP contribution in [0.5, 0.6) is 0 Å². The van der Waals surface area contributed by atoms with Crippen molar-refractivity contribution in [3.8, 4) is 11.4 Å². The number of aromatic nitrogens is 3. The van der Waals surface area contributed by atoms with Gasteiger partial charge in [-0.3, -0.25) is 4.98 Å². The van der Waals surface area contributed by atoms with E-state index < -0.39 is 0 Å². The van der Waals surface area contributed by atoms with E-state index in [9.17, 15) is 0 Å². The van der Waals surface area contributed by atoms with Crippen molar-refractivity contribution < 1.29 is 0 Å². The maximum Gasteiger partial charge on any atom is 0.139 e. The quantitative estimate of drug-likeness (QED) is 0.854. The Hall–Kier alpha value is -1.55. The summed E-state index contributed by atoms with van der Waals surface area (Å²) in [7, 11) is 0. The molecule has 0 aliphatic carbocycles. The number of aromatic amines is 1. The molecule has 0 amide bonds. The molecule has 1 N–H and O–H groups in total. The molecule has 18 heavy (non-hydrogen) atoms. The maximum absolute atomic E-state index is 5.24. The first kappa shape index (κ1) is 12.9. The van der Waals surface area contributed by atoms with E-state index in [0.29, 0.717) is 10.6 Å². The molecule has 0 unspecified atom stereocenters. The fraction of sp³-hybridized carbons (Fsp3) is 0.357. The molecule has 94 valence electrons. The van der Waals surface area contributed by atoms with E-state index in [2.05, 4.69) is 28.8 Å². The van der Waals surface area contributed by atoms with Crippen molar-refractivity contribution in [2.45, 2.75) is 27.2 Å². The molecule has 2 heterocycles. The maximum atomic E-state index is 5.24. The molecule has 2 rings (SSSR count). The molecule has 0 atom stereocenters. The van der Waals surface area contributed by atoms with Gasteiger partial charge in [0.15, 0.2) is 0 Å². The molecule has 3 nitrogen and oxygen atoms in total. The zero-order chi connectivity index (χ0) is 13.1. The van der Waals surface area contributed by atoms with Gasteiger partial charge in [0, 0.05) is 23.7 Å². The Bertz CT molecular complexity index is 602. The number of aryl methyl sites for hydroxylation is 1. The Kier molecular flexibility index (Phi) is 3.87. The lowest BCUT2D eigenvalue weighted by Crippen LogP contribution is -2.01. The topological polar surface area (TPSA) is 41.6 Å². The molecule has 0 aliphatic rings. The van der Waals surface area contributed by atoms with E-state index in [0.717, 1.165) is 29.1 Å². The van der Waals surface area contributed by atoms with Crippen molar-refractivity contribution in [1.29, 1.82) is 0 Å². The fourth-order valence-electron chi connectivity index (χ4n) is 1.92. The Morgan fingerprint density at radius 2 is 2.17 bits per heavy atom. The van der Waals surface area contributed by atoms with Crippen LogP contribution in [-0.4, -0.2) is 15.0 Å². The summed E-state index contributed by atoms with van der Waals surface area (Å²) in [5.74, 6) is 1.42. The molecular weight excluding hydrogens is 242 g/mol. The average Bonchev–Trinajstić information content (AvgIpc) is 2.27. The van der Waals surface area contributed by atoms with Gasteiger partial charge in [-0.15, -0.1) is 0 Å². The van der Waals surface area contributed by atoms with E-state index in [4.69, 9.17) is 12.2 Å². The first-order chi connectivity index (χ1) is 8.56. The minimum absolute atomic E-state index is 0.587. The number of H-pyrrole nitrogens is 1. The van der Waals surface area contributed by atoms with Crippen molar-refractivity contribution >= 4 is 12.2 Å². The highest BCUT2D eigenvalue weighted by molar-refractivity contribution is 7.71. The van der Waals surface area contributed by atoms with E-state index in [1.165, 1.54) is 0 Å². The minimum Gasteiger partial charge on any atom is -0.343 e. The Morgan fingerprint density at radius 1 is 1.39 bits per heavy atom. The Balaban J connectivity index is 2.49. The van der Waals surface area contributed by atoms with Gasteiger partial charge in [0.05, 0.1) is 0 Å². The summed E-state index contributed by atoms with van der Waals surface area (Å²) in [4.78, 5) is 11.9. The van der Waals surface area contributed by atoms with Gasteiger partial charge in [0.25, 0.3) is 0 Å². The molecule has 0 radical (unpaired) electrons. The molecule has 0 saturated carbocycles. The van der Waals surface area contributed by atoms with E-state index in [-0.39, 0.29) is 0 Å². The normalized spacial score (nSPS) is 10.9. The zero-order valence-electron chi connectivity index (χ0n) is 10.9. The lowest BCUT2D eigenvalue weighted by atomic mass is 10.1. The molecule has 2 aromatic rings. The van der Waals surface area contributed by atoms with E-state index in [1.54, 1.807) is 6.20 Å². The summed E-state index contributed by atoms with van der Waals surface area (Å²) in [6.45, 7) is 6.40. The average molecular weight is 259 g/mol. The van der Waals surface area contributed by atoms with Crippen LogP contribution >= 0.6 is 12.2 Å². The van der Waals surface area contributed by atoms with Crippen LogP contribution in [0.25, 0.3) is 11.4 Å². The lowest BCUT2D eigenvalue weighted by Gasteiger charge is -2.09. The van der Waals surface area contributed by atoms with Gasteiger partial charge >= 0.3 is 0 Å². The SMILES string of the molecule is Cc1cnccc1-c1nc(=S)cc(CC(C)C)[nH]1. The van der Waals surface area contributed by atoms with Crippen LogP contribution in [0.1, 0.15) is 25.1 Å². The number of hydrogen-bond acceptors (Lipinski definition) is 3. The predicted octanol–water partition coefficient (Wildman–Crippen LogP) is 3.71. The third-order valence-electron chi connectivity index (χ3n) is 2.70. The smallest absolute Gasteiger partial charge is 0.139 e. The van der Waals surface area contributed by atoms with Crippen LogP contribution in [0, 0.1) is 17.5 Å². The number of pyridine rings is 1. The molecule has 0 aliphatic heterocycles. The number of nitrogens with zero attached hydrogens (tertiary/aromatic N) is 2. The van der Waals surface area contributed by atoms with Crippen LogP contribution in [0.4, 0.5) is 0 Å². The molecule has 0 spiro atoms. The van der Waals surface area contributed by atoms with Crippen LogP contribution in [-0.2, 0) is 6.42 Å². The van der Waals surface area contributed by atoms with Crippen LogP contribution in [0.3, 0.4) is 0 Å². The second kappa shape index (κ2) is 5.40. The van der Waals surface area contributed by atoms with E-state index in [1.807, 2.05) is 25.3 Å². The van der Waals surface area contributed by atoms with Gasteiger partial charge in [0.2, 0.25) is 0 Å². The Labute approximate surface area is 112 Å². The van der Waals surface area contributed by atoms with Crippen molar-refractivity contribution in [2.24, 2.45) is 5.92 Å². The highest BCUT2D eigenvalue weighted by Crippen LogP contribution is 2.19. The number of nitrogens with one attached hydrogen (secondary N) is 1. The standard InChI is InChI=1S/C14H17N3S/c1-9(2)6-11-7-13(18)17-14(16-11)12-4-5-15-8-10(12)3/h4-5,7-9H,6H2,1-3H3,(H,16,17,18). The van der Waals surface area contributed by atoms with Gasteiger partial charge in [-0.1, -0.05) is 26.1 Å². The highest BCUT2D eigenvalue weighted by atomic mass is 32.1. The van der Waals surface area contributed by atoms with Crippen LogP contribution in [0.2, 0.25) is 0 Å². The second-order valence-corrected chi connectivity index (χ2v) is 5.30. The molecule has 0 aromatic carbocycles. The van der Waals surface area contributed by atoms with Gasteiger partial charge in [-0.05, 0) is 37.0 Å². The number of rotatable bonds is 3. The highest BCUT2D eigenvalue weighted by Gasteiger charge is 2.06. The lowest BCUT2D eigenvalue weighted by molar-refractivity contribution is 0.634. The molecule has 0 bridgehead atoms. The third-order valence-corrected chi connectivity index (χ3v) is 2.91. The van der Waals surface area contributed by atoms with Gasteiger partial charge < -0.3 is 4.98 Å². The van der Waals surface area contributed by atoms with Crippen molar-refractivity contribution in [3.05, 3.63) is 40.4 Å². The first-order valence-corrected chi connectivity index (χ1v) is 6.48.